The first kappa shape index (κ1) is 12.0. The van der Waals surface area contributed by atoms with Gasteiger partial charge in [0.25, 0.3) is 0 Å². The Bertz CT molecular complexity index is 150. The molecule has 2 N–H and O–H groups in total. The summed E-state index contributed by atoms with van der Waals surface area (Å²) in [6, 6.07) is 0.331. The number of aliphatic hydroxyl groups is 1. The lowest BCUT2D eigenvalue weighted by atomic mass is 10.1. The zero-order valence-electron chi connectivity index (χ0n) is 9.50. The minimum Gasteiger partial charge on any atom is -0.392 e. The van der Waals surface area contributed by atoms with Crippen molar-refractivity contribution in [1.82, 2.24) is 10.2 Å². The minimum absolute atomic E-state index is 0.125. The van der Waals surface area contributed by atoms with Gasteiger partial charge in [-0.3, -0.25) is 0 Å². The zero-order chi connectivity index (χ0) is 10.4. The Morgan fingerprint density at radius 1 is 1.21 bits per heavy atom. The quantitative estimate of drug-likeness (QED) is 0.660. The van der Waals surface area contributed by atoms with E-state index in [2.05, 4.69) is 24.3 Å². The van der Waals surface area contributed by atoms with Gasteiger partial charge in [-0.15, -0.1) is 0 Å². The maximum absolute atomic E-state index is 9.84. The second-order valence-corrected chi connectivity index (χ2v) is 4.57. The van der Waals surface area contributed by atoms with Crippen molar-refractivity contribution in [3.05, 3.63) is 0 Å². The molecule has 0 aliphatic heterocycles. The molecule has 1 rings (SSSR count). The number of aliphatic hydroxyl groups excluding tert-OH is 1. The number of hydrogen-bond donors (Lipinski definition) is 2. The Kier molecular flexibility index (Phi) is 5.45. The number of rotatable bonds is 4. The van der Waals surface area contributed by atoms with Crippen LogP contribution in [0.4, 0.5) is 0 Å². The van der Waals surface area contributed by atoms with Gasteiger partial charge in [0, 0.05) is 19.1 Å². The smallest absolute Gasteiger partial charge is 0.0693 e. The van der Waals surface area contributed by atoms with Crippen LogP contribution in [0.5, 0.6) is 0 Å². The molecule has 1 aliphatic carbocycles. The zero-order valence-corrected chi connectivity index (χ0v) is 9.50. The molecule has 0 aromatic rings. The summed E-state index contributed by atoms with van der Waals surface area (Å²) in [7, 11) is 4.15. The number of nitrogens with one attached hydrogen (secondary N) is 1. The van der Waals surface area contributed by atoms with E-state index in [0.29, 0.717) is 6.04 Å². The van der Waals surface area contributed by atoms with Crippen LogP contribution in [0.2, 0.25) is 0 Å². The molecule has 14 heavy (non-hydrogen) atoms. The fourth-order valence-electron chi connectivity index (χ4n) is 2.00. The summed E-state index contributed by atoms with van der Waals surface area (Å²) >= 11 is 0. The molecule has 84 valence electrons. The van der Waals surface area contributed by atoms with Crippen molar-refractivity contribution in [3.8, 4) is 0 Å². The topological polar surface area (TPSA) is 35.5 Å². The number of likely N-dealkylation sites (N-methyl/N-ethyl adjacent to an activating group) is 1. The third-order valence-corrected chi connectivity index (χ3v) is 2.95. The van der Waals surface area contributed by atoms with Gasteiger partial charge >= 0.3 is 0 Å². The van der Waals surface area contributed by atoms with Gasteiger partial charge in [0.15, 0.2) is 0 Å². The molecule has 2 atom stereocenters. The van der Waals surface area contributed by atoms with Gasteiger partial charge in [0.05, 0.1) is 6.10 Å². The number of hydrogen-bond acceptors (Lipinski definition) is 3. The van der Waals surface area contributed by atoms with Crippen LogP contribution in [0.25, 0.3) is 0 Å². The fraction of sp³-hybridized carbons (Fsp3) is 1.00. The van der Waals surface area contributed by atoms with Gasteiger partial charge in [-0.1, -0.05) is 19.3 Å². The lowest BCUT2D eigenvalue weighted by Gasteiger charge is -2.22. The van der Waals surface area contributed by atoms with Crippen LogP contribution in [0.15, 0.2) is 0 Å². The summed E-state index contributed by atoms with van der Waals surface area (Å²) in [5.41, 5.74) is 0. The van der Waals surface area contributed by atoms with Crippen molar-refractivity contribution >= 4 is 0 Å². The molecule has 0 radical (unpaired) electrons. The molecular formula is C11H24N2O. The van der Waals surface area contributed by atoms with Crippen LogP contribution in [-0.2, 0) is 0 Å². The van der Waals surface area contributed by atoms with E-state index in [1.807, 2.05) is 0 Å². The van der Waals surface area contributed by atoms with E-state index in [1.54, 1.807) is 0 Å². The Balaban J connectivity index is 2.19. The Hall–Kier alpha value is -0.120. The molecule has 0 aromatic heterocycles. The maximum Gasteiger partial charge on any atom is 0.0693 e. The van der Waals surface area contributed by atoms with Crippen molar-refractivity contribution in [2.75, 3.05) is 27.2 Å². The molecule has 2 unspecified atom stereocenters. The van der Waals surface area contributed by atoms with Gasteiger partial charge in [-0.2, -0.15) is 0 Å². The van der Waals surface area contributed by atoms with Gasteiger partial charge in [-0.05, 0) is 26.9 Å². The lowest BCUT2D eigenvalue weighted by molar-refractivity contribution is 0.119. The van der Waals surface area contributed by atoms with Crippen molar-refractivity contribution in [3.63, 3.8) is 0 Å². The molecule has 0 aromatic carbocycles. The predicted molar refractivity (Wildman–Crippen MR) is 59.4 cm³/mol. The van der Waals surface area contributed by atoms with Gasteiger partial charge in [0.1, 0.15) is 0 Å². The molecule has 0 amide bonds. The summed E-state index contributed by atoms with van der Waals surface area (Å²) < 4.78 is 0. The monoisotopic (exact) mass is 200 g/mol. The van der Waals surface area contributed by atoms with Crippen LogP contribution < -0.4 is 5.32 Å². The van der Waals surface area contributed by atoms with Crippen LogP contribution >= 0.6 is 0 Å². The SMILES string of the molecule is CN(C)CCNC1CCCCCC1O. The van der Waals surface area contributed by atoms with Crippen LogP contribution in [0.3, 0.4) is 0 Å². The molecule has 1 aliphatic rings. The second kappa shape index (κ2) is 6.38. The van der Waals surface area contributed by atoms with Crippen molar-refractivity contribution in [1.29, 1.82) is 0 Å². The van der Waals surface area contributed by atoms with E-state index in [0.717, 1.165) is 25.9 Å². The molecule has 1 saturated carbocycles. The maximum atomic E-state index is 9.84. The molecule has 0 heterocycles. The summed E-state index contributed by atoms with van der Waals surface area (Å²) in [6.45, 7) is 2.03. The van der Waals surface area contributed by atoms with Gasteiger partial charge < -0.3 is 15.3 Å². The van der Waals surface area contributed by atoms with Crippen LogP contribution in [0.1, 0.15) is 32.1 Å². The van der Waals surface area contributed by atoms with Crippen molar-refractivity contribution in [2.45, 2.75) is 44.2 Å². The second-order valence-electron chi connectivity index (χ2n) is 4.57. The van der Waals surface area contributed by atoms with E-state index in [4.69, 9.17) is 0 Å². The lowest BCUT2D eigenvalue weighted by Crippen LogP contribution is -2.41. The van der Waals surface area contributed by atoms with Crippen LogP contribution in [0, 0.1) is 0 Å². The average molecular weight is 200 g/mol. The van der Waals surface area contributed by atoms with Crippen molar-refractivity contribution < 1.29 is 5.11 Å². The highest BCUT2D eigenvalue weighted by Crippen LogP contribution is 2.17. The van der Waals surface area contributed by atoms with E-state index in [9.17, 15) is 5.11 Å². The van der Waals surface area contributed by atoms with Crippen LogP contribution in [-0.4, -0.2) is 49.3 Å². The fourth-order valence-corrected chi connectivity index (χ4v) is 2.00. The first-order chi connectivity index (χ1) is 6.70. The number of nitrogens with zero attached hydrogens (tertiary/aromatic N) is 1. The molecular weight excluding hydrogens is 176 g/mol. The molecule has 0 saturated heterocycles. The average Bonchev–Trinajstić information content (AvgIpc) is 2.31. The minimum atomic E-state index is -0.125. The highest BCUT2D eigenvalue weighted by Gasteiger charge is 2.20. The van der Waals surface area contributed by atoms with E-state index >= 15 is 0 Å². The summed E-state index contributed by atoms with van der Waals surface area (Å²) in [5.74, 6) is 0. The summed E-state index contributed by atoms with van der Waals surface area (Å²) in [4.78, 5) is 2.16. The Morgan fingerprint density at radius 2 is 1.93 bits per heavy atom. The first-order valence-corrected chi connectivity index (χ1v) is 5.76. The Morgan fingerprint density at radius 3 is 2.64 bits per heavy atom. The normalized spacial score (nSPS) is 29.1. The summed E-state index contributed by atoms with van der Waals surface area (Å²) in [5, 5.41) is 13.3. The van der Waals surface area contributed by atoms with Gasteiger partial charge in [-0.25, -0.2) is 0 Å². The van der Waals surface area contributed by atoms with E-state index < -0.39 is 0 Å². The highest BCUT2D eigenvalue weighted by molar-refractivity contribution is 4.78. The Labute approximate surface area is 87.5 Å². The van der Waals surface area contributed by atoms with Crippen molar-refractivity contribution in [2.24, 2.45) is 0 Å². The largest absolute Gasteiger partial charge is 0.392 e. The third kappa shape index (κ3) is 4.40. The standard InChI is InChI=1S/C11H24N2O/c1-13(2)9-8-12-10-6-4-3-5-7-11(10)14/h10-12,14H,3-9H2,1-2H3. The first-order valence-electron chi connectivity index (χ1n) is 5.76. The molecule has 3 nitrogen and oxygen atoms in total. The van der Waals surface area contributed by atoms with E-state index in [1.165, 1.54) is 19.3 Å². The molecule has 3 heteroatoms. The molecule has 0 bridgehead atoms. The van der Waals surface area contributed by atoms with E-state index in [-0.39, 0.29) is 6.10 Å². The molecule has 0 spiro atoms. The third-order valence-electron chi connectivity index (χ3n) is 2.95. The predicted octanol–water partition coefficient (Wildman–Crippen LogP) is 0.831. The molecule has 1 fully saturated rings. The highest BCUT2D eigenvalue weighted by atomic mass is 16.3. The summed E-state index contributed by atoms with van der Waals surface area (Å²) in [6.07, 6.45) is 5.71. The van der Waals surface area contributed by atoms with Gasteiger partial charge in [0.2, 0.25) is 0 Å².